The summed E-state index contributed by atoms with van der Waals surface area (Å²) in [4.78, 5) is 20.2. The highest BCUT2D eigenvalue weighted by atomic mass is 35.5. The number of thiazole rings is 1. The second-order valence-corrected chi connectivity index (χ2v) is 8.57. The van der Waals surface area contributed by atoms with Crippen molar-refractivity contribution in [1.82, 2.24) is 30.2 Å². The second-order valence-electron chi connectivity index (χ2n) is 7.30. The Bertz CT molecular complexity index is 1270. The number of nitrogens with one attached hydrogen (secondary N) is 2. The molecule has 0 saturated heterocycles. The molecule has 0 amide bonds. The lowest BCUT2D eigenvalue weighted by Gasteiger charge is -2.14. The molecule has 5 rings (SSSR count). The van der Waals surface area contributed by atoms with Crippen LogP contribution in [0.5, 0.6) is 0 Å². The van der Waals surface area contributed by atoms with Crippen molar-refractivity contribution in [1.29, 1.82) is 0 Å². The van der Waals surface area contributed by atoms with E-state index < -0.39 is 0 Å². The van der Waals surface area contributed by atoms with E-state index in [1.54, 1.807) is 4.68 Å². The van der Waals surface area contributed by atoms with Crippen LogP contribution in [0.15, 0.2) is 28.4 Å². The third-order valence-corrected chi connectivity index (χ3v) is 6.24. The molecule has 148 valence electrons. The third kappa shape index (κ3) is 3.40. The SMILES string of the molecule is Cc1nnnn1-c1csc(N[C@@H](C)c2cc3cc(Cl)c(C4CC4)cc3[nH]c2=O)n1. The Labute approximate surface area is 174 Å². The van der Waals surface area contributed by atoms with Crippen LogP contribution in [0.4, 0.5) is 5.13 Å². The first-order valence-electron chi connectivity index (χ1n) is 9.33. The number of nitrogens with zero attached hydrogens (tertiary/aromatic N) is 5. The molecule has 1 fully saturated rings. The van der Waals surface area contributed by atoms with Gasteiger partial charge in [-0.25, -0.2) is 4.98 Å². The monoisotopic (exact) mass is 427 g/mol. The van der Waals surface area contributed by atoms with Gasteiger partial charge in [-0.2, -0.15) is 4.68 Å². The van der Waals surface area contributed by atoms with E-state index in [4.69, 9.17) is 11.6 Å². The maximum Gasteiger partial charge on any atom is 0.253 e. The summed E-state index contributed by atoms with van der Waals surface area (Å²) in [5.41, 5.74) is 2.46. The van der Waals surface area contributed by atoms with Crippen molar-refractivity contribution in [2.45, 2.75) is 38.6 Å². The molecule has 29 heavy (non-hydrogen) atoms. The zero-order valence-corrected chi connectivity index (χ0v) is 17.4. The fourth-order valence-electron chi connectivity index (χ4n) is 3.42. The average Bonchev–Trinajstić information content (AvgIpc) is 3.28. The molecule has 1 aromatic carbocycles. The van der Waals surface area contributed by atoms with Crippen LogP contribution in [0.1, 0.15) is 48.7 Å². The van der Waals surface area contributed by atoms with Crippen molar-refractivity contribution in [2.24, 2.45) is 0 Å². The van der Waals surface area contributed by atoms with Gasteiger partial charge in [-0.3, -0.25) is 4.79 Å². The molecule has 2 N–H and O–H groups in total. The molecular formula is C19H18ClN7OS. The van der Waals surface area contributed by atoms with Gasteiger partial charge < -0.3 is 10.3 Å². The van der Waals surface area contributed by atoms with Crippen molar-refractivity contribution in [3.05, 3.63) is 55.9 Å². The average molecular weight is 428 g/mol. The largest absolute Gasteiger partial charge is 0.355 e. The Balaban J connectivity index is 1.43. The van der Waals surface area contributed by atoms with Gasteiger partial charge in [0, 0.05) is 26.9 Å². The van der Waals surface area contributed by atoms with E-state index in [0.717, 1.165) is 34.3 Å². The van der Waals surface area contributed by atoms with E-state index in [1.165, 1.54) is 11.3 Å². The molecular weight excluding hydrogens is 410 g/mol. The van der Waals surface area contributed by atoms with Gasteiger partial charge in [0.05, 0.1) is 6.04 Å². The molecule has 3 heterocycles. The Morgan fingerprint density at radius 1 is 1.34 bits per heavy atom. The summed E-state index contributed by atoms with van der Waals surface area (Å²) in [5.74, 6) is 1.82. The fourth-order valence-corrected chi connectivity index (χ4v) is 4.51. The minimum absolute atomic E-state index is 0.116. The minimum atomic E-state index is -0.237. The number of pyridine rings is 1. The standard InChI is InChI=1S/C19H18ClN7OS/c1-9(21-19-23-17(8-29-19)27-10(2)24-25-26-27)13-5-12-6-15(20)14(11-3-4-11)7-16(12)22-18(13)28/h5-9,11H,3-4H2,1-2H3,(H,21,23)(H,22,28)/t9-/m0/s1. The van der Waals surface area contributed by atoms with Crippen LogP contribution in [-0.4, -0.2) is 30.2 Å². The van der Waals surface area contributed by atoms with Crippen LogP contribution in [-0.2, 0) is 0 Å². The maximum atomic E-state index is 12.7. The van der Waals surface area contributed by atoms with Crippen molar-refractivity contribution >= 4 is 39.0 Å². The van der Waals surface area contributed by atoms with Gasteiger partial charge in [0.2, 0.25) is 0 Å². The molecule has 1 atom stereocenters. The number of H-pyrrole nitrogens is 1. The van der Waals surface area contributed by atoms with Crippen molar-refractivity contribution < 1.29 is 0 Å². The van der Waals surface area contributed by atoms with Gasteiger partial charge in [0.15, 0.2) is 16.8 Å². The lowest BCUT2D eigenvalue weighted by Crippen LogP contribution is -2.19. The van der Waals surface area contributed by atoms with Crippen molar-refractivity contribution in [3.63, 3.8) is 0 Å². The molecule has 10 heteroatoms. The van der Waals surface area contributed by atoms with Gasteiger partial charge in [-0.1, -0.05) is 11.6 Å². The van der Waals surface area contributed by atoms with Crippen LogP contribution in [0.2, 0.25) is 5.02 Å². The van der Waals surface area contributed by atoms with E-state index in [2.05, 4.69) is 30.8 Å². The first-order chi connectivity index (χ1) is 14.0. The highest BCUT2D eigenvalue weighted by molar-refractivity contribution is 7.13. The quantitative estimate of drug-likeness (QED) is 0.499. The molecule has 1 aliphatic carbocycles. The second kappa shape index (κ2) is 6.93. The number of anilines is 1. The Hall–Kier alpha value is -2.78. The van der Waals surface area contributed by atoms with Crippen LogP contribution in [0.3, 0.4) is 0 Å². The Morgan fingerprint density at radius 2 is 2.17 bits per heavy atom. The molecule has 0 bridgehead atoms. The summed E-state index contributed by atoms with van der Waals surface area (Å²) in [6.07, 6.45) is 2.32. The highest BCUT2D eigenvalue weighted by Crippen LogP contribution is 2.44. The first kappa shape index (κ1) is 18.3. The van der Waals surface area contributed by atoms with Crippen molar-refractivity contribution in [3.8, 4) is 5.82 Å². The normalized spacial score (nSPS) is 15.0. The number of hydrogen-bond acceptors (Lipinski definition) is 7. The van der Waals surface area contributed by atoms with E-state index in [1.807, 2.05) is 37.4 Å². The zero-order valence-electron chi connectivity index (χ0n) is 15.8. The zero-order chi connectivity index (χ0) is 20.1. The molecule has 0 unspecified atom stereocenters. The molecule has 3 aromatic heterocycles. The number of fused-ring (bicyclic) bond motifs is 1. The lowest BCUT2D eigenvalue weighted by molar-refractivity contribution is 0.763. The topological polar surface area (TPSA) is 101 Å². The summed E-state index contributed by atoms with van der Waals surface area (Å²) < 4.78 is 1.56. The highest BCUT2D eigenvalue weighted by Gasteiger charge is 2.26. The number of aromatic amines is 1. The van der Waals surface area contributed by atoms with E-state index in [-0.39, 0.29) is 11.6 Å². The van der Waals surface area contributed by atoms with Crippen LogP contribution >= 0.6 is 22.9 Å². The number of rotatable bonds is 5. The van der Waals surface area contributed by atoms with Gasteiger partial charge in [0.25, 0.3) is 5.56 Å². The minimum Gasteiger partial charge on any atom is -0.355 e. The maximum absolute atomic E-state index is 12.7. The first-order valence-corrected chi connectivity index (χ1v) is 10.6. The molecule has 0 aliphatic heterocycles. The predicted octanol–water partition coefficient (Wildman–Crippen LogP) is 3.97. The molecule has 0 spiro atoms. The van der Waals surface area contributed by atoms with Crippen molar-refractivity contribution in [2.75, 3.05) is 5.32 Å². The van der Waals surface area contributed by atoms with Gasteiger partial charge in [-0.05, 0) is 66.8 Å². The van der Waals surface area contributed by atoms with Gasteiger partial charge in [-0.15, -0.1) is 16.4 Å². The number of halogens is 1. The van der Waals surface area contributed by atoms with E-state index >= 15 is 0 Å². The van der Waals surface area contributed by atoms with Gasteiger partial charge >= 0.3 is 0 Å². The molecule has 0 radical (unpaired) electrons. The Morgan fingerprint density at radius 3 is 2.90 bits per heavy atom. The molecule has 8 nitrogen and oxygen atoms in total. The summed E-state index contributed by atoms with van der Waals surface area (Å²) in [6, 6.07) is 5.62. The number of tetrazole rings is 1. The summed E-state index contributed by atoms with van der Waals surface area (Å²) >= 11 is 7.90. The van der Waals surface area contributed by atoms with Crippen LogP contribution in [0.25, 0.3) is 16.7 Å². The smallest absolute Gasteiger partial charge is 0.253 e. The molecule has 4 aromatic rings. The van der Waals surface area contributed by atoms with E-state index in [9.17, 15) is 4.79 Å². The molecule has 1 aliphatic rings. The predicted molar refractivity (Wildman–Crippen MR) is 113 cm³/mol. The van der Waals surface area contributed by atoms with E-state index in [0.29, 0.717) is 28.3 Å². The summed E-state index contributed by atoms with van der Waals surface area (Å²) in [5, 5.41) is 19.0. The number of aromatic nitrogens is 6. The number of hydrogen-bond donors (Lipinski definition) is 2. The summed E-state index contributed by atoms with van der Waals surface area (Å²) in [7, 11) is 0. The number of aryl methyl sites for hydroxylation is 1. The van der Waals surface area contributed by atoms with Gasteiger partial charge in [0.1, 0.15) is 0 Å². The molecule has 1 saturated carbocycles. The van der Waals surface area contributed by atoms with Crippen LogP contribution in [0, 0.1) is 6.92 Å². The fraction of sp³-hybridized carbons (Fsp3) is 0.316. The third-order valence-electron chi connectivity index (χ3n) is 5.15. The van der Waals surface area contributed by atoms with Crippen LogP contribution < -0.4 is 10.9 Å². The lowest BCUT2D eigenvalue weighted by atomic mass is 10.0. The number of benzene rings is 1. The Kier molecular flexibility index (Phi) is 4.36. The summed E-state index contributed by atoms with van der Waals surface area (Å²) in [6.45, 7) is 3.74.